The van der Waals surface area contributed by atoms with Crippen molar-refractivity contribution in [3.8, 4) is 0 Å². The van der Waals surface area contributed by atoms with Crippen molar-refractivity contribution >= 4 is 10.0 Å². The van der Waals surface area contributed by atoms with E-state index in [4.69, 9.17) is 5.73 Å². The molecule has 0 aliphatic carbocycles. The molecule has 16 heavy (non-hydrogen) atoms. The predicted octanol–water partition coefficient (Wildman–Crippen LogP) is -0.163. The lowest BCUT2D eigenvalue weighted by atomic mass is 10.4. The third-order valence-corrected chi connectivity index (χ3v) is 3.74. The van der Waals surface area contributed by atoms with Crippen molar-refractivity contribution in [1.29, 1.82) is 0 Å². The van der Waals surface area contributed by atoms with Crippen molar-refractivity contribution in [3.05, 3.63) is 12.0 Å². The molecule has 0 unspecified atom stereocenters. The first-order valence-electron chi connectivity index (χ1n) is 5.17. The molecule has 0 aliphatic rings. The van der Waals surface area contributed by atoms with Crippen molar-refractivity contribution in [2.75, 3.05) is 6.54 Å². The molecule has 0 radical (unpaired) electrons. The van der Waals surface area contributed by atoms with Crippen molar-refractivity contribution in [2.45, 2.75) is 38.4 Å². The summed E-state index contributed by atoms with van der Waals surface area (Å²) in [6.45, 7) is 6.37. The average Bonchev–Trinajstić information content (AvgIpc) is 2.59. The van der Waals surface area contributed by atoms with Crippen LogP contribution in [0.25, 0.3) is 0 Å². The Hall–Kier alpha value is -0.920. The smallest absolute Gasteiger partial charge is 0.259 e. The van der Waals surface area contributed by atoms with E-state index in [1.54, 1.807) is 18.4 Å². The number of imidazole rings is 1. The van der Waals surface area contributed by atoms with Crippen molar-refractivity contribution < 1.29 is 8.42 Å². The molecule has 3 N–H and O–H groups in total. The van der Waals surface area contributed by atoms with E-state index in [0.29, 0.717) is 12.4 Å². The zero-order valence-electron chi connectivity index (χ0n) is 9.77. The van der Waals surface area contributed by atoms with Crippen LogP contribution in [0.15, 0.2) is 11.2 Å². The number of hydrogen-bond donors (Lipinski definition) is 2. The van der Waals surface area contributed by atoms with Gasteiger partial charge in [-0.3, -0.25) is 0 Å². The normalized spacial score (nSPS) is 14.0. The van der Waals surface area contributed by atoms with E-state index in [9.17, 15) is 8.42 Å². The first-order valence-corrected chi connectivity index (χ1v) is 6.65. The molecule has 6 nitrogen and oxygen atoms in total. The molecule has 0 spiro atoms. The molecule has 1 aromatic heterocycles. The molecule has 1 heterocycles. The molecule has 0 aliphatic heterocycles. The highest BCUT2D eigenvalue weighted by atomic mass is 32.2. The second-order valence-electron chi connectivity index (χ2n) is 3.67. The molecule has 0 bridgehead atoms. The molecule has 0 fully saturated rings. The maximum Gasteiger partial charge on any atom is 0.259 e. The fraction of sp³-hybridized carbons (Fsp3) is 0.667. The van der Waals surface area contributed by atoms with Crippen LogP contribution in [0.3, 0.4) is 0 Å². The fourth-order valence-corrected chi connectivity index (χ4v) is 2.57. The molecular formula is C9H18N4O2S. The first-order chi connectivity index (χ1) is 7.40. The predicted molar refractivity (Wildman–Crippen MR) is 61.5 cm³/mol. The van der Waals surface area contributed by atoms with Gasteiger partial charge in [-0.05, 0) is 20.8 Å². The number of rotatable bonds is 5. The molecule has 7 heteroatoms. The Balaban J connectivity index is 2.98. The molecule has 1 aromatic rings. The number of nitrogens with one attached hydrogen (secondary N) is 1. The Morgan fingerprint density at radius 1 is 1.62 bits per heavy atom. The minimum Gasteiger partial charge on any atom is -0.334 e. The highest BCUT2D eigenvalue weighted by Gasteiger charge is 2.20. The van der Waals surface area contributed by atoms with Gasteiger partial charge in [0.05, 0.1) is 0 Å². The molecule has 0 amide bonds. The lowest BCUT2D eigenvalue weighted by molar-refractivity contribution is 0.559. The van der Waals surface area contributed by atoms with Gasteiger partial charge < -0.3 is 10.3 Å². The van der Waals surface area contributed by atoms with Gasteiger partial charge in [0.25, 0.3) is 10.0 Å². The number of hydrogen-bond acceptors (Lipinski definition) is 4. The minimum absolute atomic E-state index is 0.0483. The summed E-state index contributed by atoms with van der Waals surface area (Å²) >= 11 is 0. The van der Waals surface area contributed by atoms with Gasteiger partial charge in [0.1, 0.15) is 5.82 Å². The lowest BCUT2D eigenvalue weighted by Gasteiger charge is -2.09. The van der Waals surface area contributed by atoms with Gasteiger partial charge >= 0.3 is 0 Å². The Bertz CT molecular complexity index is 452. The SMILES string of the molecule is CCn1cc(S(=O)(=O)N[C@H](C)CN)nc1C. The summed E-state index contributed by atoms with van der Waals surface area (Å²) in [7, 11) is -3.55. The summed E-state index contributed by atoms with van der Waals surface area (Å²) < 4.78 is 27.9. The summed E-state index contributed by atoms with van der Waals surface area (Å²) in [6, 6.07) is -0.294. The molecular weight excluding hydrogens is 228 g/mol. The topological polar surface area (TPSA) is 90.0 Å². The van der Waals surface area contributed by atoms with Crippen LogP contribution in [0.2, 0.25) is 0 Å². The molecule has 0 saturated heterocycles. The third-order valence-electron chi connectivity index (χ3n) is 2.28. The largest absolute Gasteiger partial charge is 0.334 e. The van der Waals surface area contributed by atoms with Gasteiger partial charge in [-0.2, -0.15) is 0 Å². The van der Waals surface area contributed by atoms with Gasteiger partial charge in [0.15, 0.2) is 5.03 Å². The number of aromatic nitrogens is 2. The third kappa shape index (κ3) is 2.81. The number of sulfonamides is 1. The van der Waals surface area contributed by atoms with Crippen LogP contribution in [0.1, 0.15) is 19.7 Å². The van der Waals surface area contributed by atoms with E-state index in [1.165, 1.54) is 6.20 Å². The summed E-state index contributed by atoms with van der Waals surface area (Å²) in [5.41, 5.74) is 5.37. The minimum atomic E-state index is -3.55. The number of nitrogens with zero attached hydrogens (tertiary/aromatic N) is 2. The summed E-state index contributed by atoms with van der Waals surface area (Å²) in [5, 5.41) is 0.0483. The van der Waals surface area contributed by atoms with E-state index in [-0.39, 0.29) is 17.6 Å². The van der Waals surface area contributed by atoms with Gasteiger partial charge in [0.2, 0.25) is 0 Å². The second kappa shape index (κ2) is 4.94. The molecule has 92 valence electrons. The first kappa shape index (κ1) is 13.1. The molecule has 1 rings (SSSR count). The molecule has 0 aromatic carbocycles. The molecule has 0 saturated carbocycles. The van der Waals surface area contributed by atoms with Crippen molar-refractivity contribution in [2.24, 2.45) is 5.73 Å². The van der Waals surface area contributed by atoms with E-state index in [1.807, 2.05) is 6.92 Å². The van der Waals surface area contributed by atoms with Crippen LogP contribution >= 0.6 is 0 Å². The van der Waals surface area contributed by atoms with Crippen molar-refractivity contribution in [3.63, 3.8) is 0 Å². The van der Waals surface area contributed by atoms with E-state index in [2.05, 4.69) is 9.71 Å². The number of aryl methyl sites for hydroxylation is 2. The Labute approximate surface area is 95.9 Å². The second-order valence-corrected chi connectivity index (χ2v) is 5.33. The van der Waals surface area contributed by atoms with E-state index in [0.717, 1.165) is 0 Å². The summed E-state index contributed by atoms with van der Waals surface area (Å²) in [6.07, 6.45) is 1.53. The van der Waals surface area contributed by atoms with Crippen LogP contribution in [0.5, 0.6) is 0 Å². The summed E-state index contributed by atoms with van der Waals surface area (Å²) in [5.74, 6) is 0.684. The van der Waals surface area contributed by atoms with Crippen LogP contribution in [-0.4, -0.2) is 30.6 Å². The average molecular weight is 246 g/mol. The van der Waals surface area contributed by atoms with Gasteiger partial charge in [0, 0.05) is 25.3 Å². The summed E-state index contributed by atoms with van der Waals surface area (Å²) in [4.78, 5) is 4.01. The monoisotopic (exact) mass is 246 g/mol. The zero-order valence-corrected chi connectivity index (χ0v) is 10.6. The quantitative estimate of drug-likeness (QED) is 0.755. The fourth-order valence-electron chi connectivity index (χ4n) is 1.30. The molecule has 1 atom stereocenters. The standard InChI is InChI=1S/C9H18N4O2S/c1-4-13-6-9(11-8(13)3)16(14,15)12-7(2)5-10/h6-7,12H,4-5,10H2,1-3H3/t7-/m1/s1. The Kier molecular flexibility index (Phi) is 4.06. The van der Waals surface area contributed by atoms with Crippen molar-refractivity contribution in [1.82, 2.24) is 14.3 Å². The number of nitrogens with two attached hydrogens (primary N) is 1. The Morgan fingerprint density at radius 3 is 2.69 bits per heavy atom. The highest BCUT2D eigenvalue weighted by molar-refractivity contribution is 7.89. The van der Waals surface area contributed by atoms with Crippen LogP contribution < -0.4 is 10.5 Å². The van der Waals surface area contributed by atoms with Crippen LogP contribution in [0.4, 0.5) is 0 Å². The lowest BCUT2D eigenvalue weighted by Crippen LogP contribution is -2.37. The zero-order chi connectivity index (χ0) is 12.3. The van der Waals surface area contributed by atoms with Gasteiger partial charge in [-0.15, -0.1) is 0 Å². The van der Waals surface area contributed by atoms with E-state index >= 15 is 0 Å². The maximum atomic E-state index is 11.8. The maximum absolute atomic E-state index is 11.8. The van der Waals surface area contributed by atoms with Crippen LogP contribution in [-0.2, 0) is 16.6 Å². The van der Waals surface area contributed by atoms with Crippen LogP contribution in [0, 0.1) is 6.92 Å². The van der Waals surface area contributed by atoms with Gasteiger partial charge in [-0.25, -0.2) is 18.1 Å². The highest BCUT2D eigenvalue weighted by Crippen LogP contribution is 2.09. The van der Waals surface area contributed by atoms with E-state index < -0.39 is 10.0 Å². The van der Waals surface area contributed by atoms with Gasteiger partial charge in [-0.1, -0.05) is 0 Å². The Morgan fingerprint density at radius 2 is 2.25 bits per heavy atom.